The van der Waals surface area contributed by atoms with Gasteiger partial charge in [-0.25, -0.2) is 15.0 Å². The van der Waals surface area contributed by atoms with E-state index in [0.717, 1.165) is 17.2 Å². The van der Waals surface area contributed by atoms with Crippen LogP contribution in [0.5, 0.6) is 11.5 Å². The number of halogens is 5. The van der Waals surface area contributed by atoms with E-state index in [1.165, 1.54) is 24.4 Å². The summed E-state index contributed by atoms with van der Waals surface area (Å²) in [5, 5.41) is 0.380. The molecule has 0 spiro atoms. The Bertz CT molecular complexity index is 1630. The first-order valence-corrected chi connectivity index (χ1v) is 12.7. The minimum atomic E-state index is -4.73. The van der Waals surface area contributed by atoms with Crippen molar-refractivity contribution in [1.82, 2.24) is 15.0 Å². The number of benzene rings is 3. The van der Waals surface area contributed by atoms with Crippen molar-refractivity contribution < 1.29 is 27.0 Å². The van der Waals surface area contributed by atoms with E-state index in [4.69, 9.17) is 21.1 Å². The Morgan fingerprint density at radius 2 is 1.39 bits per heavy atom. The van der Waals surface area contributed by atoms with Crippen LogP contribution in [0.1, 0.15) is 16.7 Å². The molecule has 5 rings (SSSR count). The first kappa shape index (κ1) is 28.1. The van der Waals surface area contributed by atoms with Gasteiger partial charge in [0.05, 0.1) is 36.0 Å². The number of alkyl halides is 3. The first-order valence-electron chi connectivity index (χ1n) is 12.4. The lowest BCUT2D eigenvalue weighted by Gasteiger charge is -2.26. The molecular formula is C30H23ClF4N4O2. The normalized spacial score (nSPS) is 11.5. The van der Waals surface area contributed by atoms with Gasteiger partial charge in [0, 0.05) is 30.2 Å². The molecule has 2 heterocycles. The highest BCUT2D eigenvalue weighted by Crippen LogP contribution is 2.41. The van der Waals surface area contributed by atoms with E-state index >= 15 is 0 Å². The van der Waals surface area contributed by atoms with Crippen LogP contribution in [0.2, 0.25) is 5.02 Å². The van der Waals surface area contributed by atoms with Gasteiger partial charge in [-0.2, -0.15) is 17.6 Å². The molecule has 0 atom stereocenters. The van der Waals surface area contributed by atoms with Gasteiger partial charge in [0.25, 0.3) is 0 Å². The molecule has 0 radical (unpaired) electrons. The van der Waals surface area contributed by atoms with Gasteiger partial charge in [-0.1, -0.05) is 35.9 Å². The maximum absolute atomic E-state index is 14.2. The molecule has 41 heavy (non-hydrogen) atoms. The molecule has 0 N–H and O–H groups in total. The molecule has 0 unspecified atom stereocenters. The van der Waals surface area contributed by atoms with Crippen molar-refractivity contribution in [2.45, 2.75) is 19.3 Å². The number of methoxy groups -OCH3 is 2. The van der Waals surface area contributed by atoms with Crippen LogP contribution in [-0.4, -0.2) is 29.2 Å². The highest BCUT2D eigenvalue weighted by Gasteiger charge is 2.35. The van der Waals surface area contributed by atoms with Crippen LogP contribution in [0.3, 0.4) is 0 Å². The van der Waals surface area contributed by atoms with E-state index in [0.29, 0.717) is 30.0 Å². The lowest BCUT2D eigenvalue weighted by Crippen LogP contribution is -2.24. The van der Waals surface area contributed by atoms with E-state index in [1.807, 2.05) is 53.4 Å². The zero-order chi connectivity index (χ0) is 29.1. The molecule has 11 heteroatoms. The lowest BCUT2D eigenvalue weighted by atomic mass is 10.0. The van der Waals surface area contributed by atoms with Crippen molar-refractivity contribution in [3.8, 4) is 22.8 Å². The van der Waals surface area contributed by atoms with Gasteiger partial charge in [-0.3, -0.25) is 0 Å². The lowest BCUT2D eigenvalue weighted by molar-refractivity contribution is -0.137. The van der Waals surface area contributed by atoms with E-state index in [9.17, 15) is 17.6 Å². The van der Waals surface area contributed by atoms with Crippen LogP contribution in [0.4, 0.5) is 23.4 Å². The number of nitrogens with zero attached hydrogens (tertiary/aromatic N) is 4. The van der Waals surface area contributed by atoms with Crippen molar-refractivity contribution in [2.75, 3.05) is 19.1 Å². The van der Waals surface area contributed by atoms with Gasteiger partial charge in [0.1, 0.15) is 17.3 Å². The monoisotopic (exact) mass is 582 g/mol. The second kappa shape index (κ2) is 11.6. The summed E-state index contributed by atoms with van der Waals surface area (Å²) in [6, 6.07) is 19.7. The average molecular weight is 583 g/mol. The van der Waals surface area contributed by atoms with Crippen molar-refractivity contribution in [2.24, 2.45) is 0 Å². The number of pyridine rings is 1. The Balaban J connectivity index is 1.63. The molecule has 0 aliphatic rings. The Hall–Kier alpha value is -4.44. The number of hydrogen-bond acceptors (Lipinski definition) is 6. The van der Waals surface area contributed by atoms with Crippen molar-refractivity contribution in [3.63, 3.8) is 0 Å². The first-order chi connectivity index (χ1) is 19.6. The fourth-order valence-corrected chi connectivity index (χ4v) is 4.65. The topological polar surface area (TPSA) is 60.4 Å². The van der Waals surface area contributed by atoms with Gasteiger partial charge in [-0.05, 0) is 59.7 Å². The standard InChI is InChI=1S/C30H23ClF4N4O2/c1-40-21-7-3-18(4-8-21)16-39(17-19-5-9-22(41-2)10-6-19)27-12-11-24(30(33,34)35)28(38-27)23-14-26-20(13-25(23)31)15-36-29(32)37-26/h3-15H,16-17H2,1-2H3. The predicted octanol–water partition coefficient (Wildman–Crippen LogP) is 7.73. The van der Waals surface area contributed by atoms with E-state index in [2.05, 4.69) is 15.0 Å². The molecule has 3 aromatic carbocycles. The third kappa shape index (κ3) is 6.33. The van der Waals surface area contributed by atoms with Crippen LogP contribution in [-0.2, 0) is 19.3 Å². The summed E-state index contributed by atoms with van der Waals surface area (Å²) in [6.45, 7) is 0.662. The van der Waals surface area contributed by atoms with Crippen LogP contribution < -0.4 is 14.4 Å². The SMILES string of the molecule is COc1ccc(CN(Cc2ccc(OC)cc2)c2ccc(C(F)(F)F)c(-c3cc4nc(F)ncc4cc3Cl)n2)cc1. The van der Waals surface area contributed by atoms with Gasteiger partial charge in [0.15, 0.2) is 0 Å². The van der Waals surface area contributed by atoms with E-state index in [-0.39, 0.29) is 21.9 Å². The number of anilines is 1. The largest absolute Gasteiger partial charge is 0.497 e. The van der Waals surface area contributed by atoms with Gasteiger partial charge < -0.3 is 14.4 Å². The highest BCUT2D eigenvalue weighted by molar-refractivity contribution is 6.34. The fraction of sp³-hybridized carbons (Fsp3) is 0.167. The van der Waals surface area contributed by atoms with Crippen molar-refractivity contribution in [1.29, 1.82) is 0 Å². The van der Waals surface area contributed by atoms with Crippen LogP contribution in [0, 0.1) is 6.08 Å². The minimum absolute atomic E-state index is 0.000262. The third-order valence-corrected chi connectivity index (χ3v) is 6.78. The number of fused-ring (bicyclic) bond motifs is 1. The second-order valence-electron chi connectivity index (χ2n) is 9.15. The summed E-state index contributed by atoms with van der Waals surface area (Å²) < 4.78 is 66.9. The zero-order valence-electron chi connectivity index (χ0n) is 21.9. The molecule has 6 nitrogen and oxygen atoms in total. The molecule has 0 bridgehead atoms. The molecular weight excluding hydrogens is 560 g/mol. The molecule has 0 aliphatic heterocycles. The van der Waals surface area contributed by atoms with E-state index in [1.54, 1.807) is 14.2 Å². The zero-order valence-corrected chi connectivity index (χ0v) is 22.7. The highest BCUT2D eigenvalue weighted by atomic mass is 35.5. The van der Waals surface area contributed by atoms with Gasteiger partial charge >= 0.3 is 12.3 Å². The number of rotatable bonds is 8. The maximum atomic E-state index is 14.2. The van der Waals surface area contributed by atoms with Crippen molar-refractivity contribution >= 4 is 28.3 Å². The second-order valence-corrected chi connectivity index (χ2v) is 9.55. The fourth-order valence-electron chi connectivity index (χ4n) is 4.39. The maximum Gasteiger partial charge on any atom is 0.418 e. The van der Waals surface area contributed by atoms with Crippen molar-refractivity contribution in [3.05, 3.63) is 107 Å². The Morgan fingerprint density at radius 1 is 0.805 bits per heavy atom. The molecule has 0 saturated carbocycles. The minimum Gasteiger partial charge on any atom is -0.497 e. The Morgan fingerprint density at radius 3 is 1.93 bits per heavy atom. The molecule has 0 fully saturated rings. The van der Waals surface area contributed by atoms with Crippen LogP contribution in [0.25, 0.3) is 22.2 Å². The van der Waals surface area contributed by atoms with Gasteiger partial charge in [-0.15, -0.1) is 0 Å². The summed E-state index contributed by atoms with van der Waals surface area (Å²) >= 11 is 6.45. The number of ether oxygens (including phenoxy) is 2. The quantitative estimate of drug-likeness (QED) is 0.138. The van der Waals surface area contributed by atoms with Crippen LogP contribution in [0.15, 0.2) is 79.0 Å². The molecule has 0 saturated heterocycles. The number of aromatic nitrogens is 3. The molecule has 0 amide bonds. The Kier molecular flexibility index (Phi) is 7.94. The summed E-state index contributed by atoms with van der Waals surface area (Å²) in [7, 11) is 3.13. The molecule has 0 aliphatic carbocycles. The summed E-state index contributed by atoms with van der Waals surface area (Å²) in [6.07, 6.45) is -4.52. The molecule has 5 aromatic rings. The smallest absolute Gasteiger partial charge is 0.418 e. The molecule has 210 valence electrons. The predicted molar refractivity (Wildman–Crippen MR) is 149 cm³/mol. The summed E-state index contributed by atoms with van der Waals surface area (Å²) in [4.78, 5) is 13.6. The van der Waals surface area contributed by atoms with Crippen LogP contribution >= 0.6 is 11.6 Å². The summed E-state index contributed by atoms with van der Waals surface area (Å²) in [5.74, 6) is 1.64. The number of hydrogen-bond donors (Lipinski definition) is 0. The Labute approximate surface area is 238 Å². The average Bonchev–Trinajstić information content (AvgIpc) is 2.96. The van der Waals surface area contributed by atoms with Gasteiger partial charge in [0.2, 0.25) is 0 Å². The third-order valence-electron chi connectivity index (χ3n) is 6.47. The molecule has 2 aromatic heterocycles. The summed E-state index contributed by atoms with van der Waals surface area (Å²) in [5.41, 5.74) is 0.476. The van der Waals surface area contributed by atoms with E-state index < -0.39 is 23.5 Å².